The van der Waals surface area contributed by atoms with Gasteiger partial charge in [0.1, 0.15) is 0 Å². The lowest BCUT2D eigenvalue weighted by atomic mass is 9.80. The van der Waals surface area contributed by atoms with Crippen LogP contribution in [0, 0.1) is 11.8 Å². The molecular weight excluding hydrogens is 354 g/mol. The van der Waals surface area contributed by atoms with Crippen LogP contribution in [0.2, 0.25) is 0 Å². The number of carbonyl (C=O) groups is 1. The zero-order chi connectivity index (χ0) is 16.2. The molecule has 1 saturated carbocycles. The van der Waals surface area contributed by atoms with Crippen LogP contribution in [-0.2, 0) is 9.53 Å². The van der Waals surface area contributed by atoms with Gasteiger partial charge in [-0.3, -0.25) is 0 Å². The number of benzene rings is 1. The maximum absolute atomic E-state index is 12.1. The average Bonchev–Trinajstić information content (AvgIpc) is 2.92. The van der Waals surface area contributed by atoms with Crippen LogP contribution in [0.3, 0.4) is 0 Å². The summed E-state index contributed by atoms with van der Waals surface area (Å²) in [4.78, 5) is 16.5. The zero-order valence-corrected chi connectivity index (χ0v) is 15.0. The van der Waals surface area contributed by atoms with Gasteiger partial charge < -0.3 is 4.74 Å². The first-order valence-corrected chi connectivity index (χ1v) is 9.23. The van der Waals surface area contributed by atoms with E-state index in [0.29, 0.717) is 17.5 Å². The van der Waals surface area contributed by atoms with E-state index in [1.165, 1.54) is 25.7 Å². The fraction of sp³-hybridized carbons (Fsp3) is 0.474. The molecule has 23 heavy (non-hydrogen) atoms. The topological polar surface area (TPSA) is 38.7 Å². The normalized spacial score (nSPS) is 26.3. The molecule has 1 heterocycles. The van der Waals surface area contributed by atoms with E-state index in [0.717, 1.165) is 28.8 Å². The number of esters is 1. The first kappa shape index (κ1) is 16.4. The summed E-state index contributed by atoms with van der Waals surface area (Å²) in [5.74, 6) is 1.46. The predicted molar refractivity (Wildman–Crippen MR) is 96.0 cm³/mol. The molecule has 4 heteroatoms. The van der Waals surface area contributed by atoms with Gasteiger partial charge in [-0.05, 0) is 55.4 Å². The average molecular weight is 376 g/mol. The number of hydrogen-bond acceptors (Lipinski definition) is 3. The van der Waals surface area contributed by atoms with Crippen LogP contribution in [0.15, 0.2) is 39.4 Å². The van der Waals surface area contributed by atoms with Crippen LogP contribution in [-0.4, -0.2) is 11.9 Å². The number of halogens is 1. The summed E-state index contributed by atoms with van der Waals surface area (Å²) in [5.41, 5.74) is 1.37. The molecule has 1 aliphatic carbocycles. The van der Waals surface area contributed by atoms with Crippen molar-refractivity contribution >= 4 is 33.9 Å². The molecule has 1 aromatic rings. The molecule has 122 valence electrons. The lowest BCUT2D eigenvalue weighted by Crippen LogP contribution is -2.22. The van der Waals surface area contributed by atoms with E-state index in [4.69, 9.17) is 4.74 Å². The zero-order valence-electron chi connectivity index (χ0n) is 13.4. The molecule has 0 radical (unpaired) electrons. The van der Waals surface area contributed by atoms with Gasteiger partial charge >= 0.3 is 5.97 Å². The Balaban J connectivity index is 1.68. The summed E-state index contributed by atoms with van der Waals surface area (Å²) >= 11 is 3.41. The molecule has 1 aliphatic heterocycles. The Labute approximate surface area is 146 Å². The summed E-state index contributed by atoms with van der Waals surface area (Å²) in [6.07, 6.45) is 8.98. The Morgan fingerprint density at radius 2 is 1.91 bits per heavy atom. The van der Waals surface area contributed by atoms with Crippen molar-refractivity contribution < 1.29 is 9.53 Å². The van der Waals surface area contributed by atoms with Gasteiger partial charge in [-0.25, -0.2) is 9.79 Å². The van der Waals surface area contributed by atoms with Crippen molar-refractivity contribution in [1.29, 1.82) is 0 Å². The van der Waals surface area contributed by atoms with Gasteiger partial charge in [-0.2, -0.15) is 0 Å². The molecule has 0 amide bonds. The molecule has 0 aromatic heterocycles. The minimum Gasteiger partial charge on any atom is -0.406 e. The van der Waals surface area contributed by atoms with E-state index in [-0.39, 0.29) is 5.97 Å². The van der Waals surface area contributed by atoms with Crippen molar-refractivity contribution in [2.75, 3.05) is 0 Å². The van der Waals surface area contributed by atoms with Gasteiger partial charge in [0.05, 0.1) is 0 Å². The fourth-order valence-corrected chi connectivity index (χ4v) is 3.69. The number of carbonyl (C=O) groups excluding carboxylic acids is 1. The van der Waals surface area contributed by atoms with Gasteiger partial charge in [0, 0.05) is 10.4 Å². The first-order valence-electron chi connectivity index (χ1n) is 8.43. The van der Waals surface area contributed by atoms with Crippen molar-refractivity contribution in [3.8, 4) is 0 Å². The quantitative estimate of drug-likeness (QED) is 0.525. The summed E-state index contributed by atoms with van der Waals surface area (Å²) in [6, 6.07) is 7.81. The molecule has 3 nitrogen and oxygen atoms in total. The van der Waals surface area contributed by atoms with Crippen molar-refractivity contribution in [2.24, 2.45) is 16.8 Å². The van der Waals surface area contributed by atoms with Crippen LogP contribution in [0.4, 0.5) is 0 Å². The van der Waals surface area contributed by atoms with Gasteiger partial charge in [0.2, 0.25) is 5.90 Å². The lowest BCUT2D eigenvalue weighted by molar-refractivity contribution is -0.130. The van der Waals surface area contributed by atoms with Crippen LogP contribution < -0.4 is 0 Å². The Morgan fingerprint density at radius 1 is 1.22 bits per heavy atom. The second-order valence-electron chi connectivity index (χ2n) is 6.43. The molecular formula is C19H22BrNO2. The highest BCUT2D eigenvalue weighted by molar-refractivity contribution is 9.10. The van der Waals surface area contributed by atoms with E-state index in [1.807, 2.05) is 24.3 Å². The van der Waals surface area contributed by atoms with E-state index in [9.17, 15) is 4.79 Å². The van der Waals surface area contributed by atoms with Gasteiger partial charge in [-0.1, -0.05) is 47.8 Å². The van der Waals surface area contributed by atoms with Gasteiger partial charge in [-0.15, -0.1) is 0 Å². The van der Waals surface area contributed by atoms with Crippen LogP contribution in [0.25, 0.3) is 6.08 Å². The van der Waals surface area contributed by atoms with Crippen LogP contribution in [0.5, 0.6) is 0 Å². The smallest absolute Gasteiger partial charge is 0.363 e. The molecule has 0 unspecified atom stereocenters. The first-order chi connectivity index (χ1) is 11.2. The van der Waals surface area contributed by atoms with Gasteiger partial charge in [0.25, 0.3) is 0 Å². The highest BCUT2D eigenvalue weighted by Gasteiger charge is 2.32. The van der Waals surface area contributed by atoms with E-state index in [2.05, 4.69) is 27.8 Å². The molecule has 0 spiro atoms. The fourth-order valence-electron chi connectivity index (χ4n) is 3.42. The van der Waals surface area contributed by atoms with Crippen molar-refractivity contribution in [2.45, 2.75) is 45.4 Å². The minimum atomic E-state index is -0.321. The molecule has 2 aliphatic rings. The second kappa shape index (κ2) is 7.43. The Bertz CT molecular complexity index is 625. The monoisotopic (exact) mass is 375 g/mol. The largest absolute Gasteiger partial charge is 0.406 e. The van der Waals surface area contributed by atoms with E-state index in [1.54, 1.807) is 6.08 Å². The van der Waals surface area contributed by atoms with Crippen LogP contribution >= 0.6 is 15.9 Å². The number of nitrogens with zero attached hydrogens (tertiary/aromatic N) is 1. The number of aliphatic imine (C=N–C) groups is 1. The summed E-state index contributed by atoms with van der Waals surface area (Å²) < 4.78 is 6.45. The number of ether oxygens (including phenoxy) is 1. The molecule has 0 bridgehead atoms. The molecule has 1 fully saturated rings. The maximum atomic E-state index is 12.1. The molecule has 0 saturated heterocycles. The predicted octanol–water partition coefficient (Wildman–Crippen LogP) is 5.35. The number of cyclic esters (lactones) is 1. The SMILES string of the molecule is CCCC1CCC(C2=NC(=Cc3ccc(Br)cc3)C(=O)O2)CC1. The van der Waals surface area contributed by atoms with Crippen molar-refractivity contribution in [3.05, 3.63) is 40.0 Å². The Morgan fingerprint density at radius 3 is 2.57 bits per heavy atom. The van der Waals surface area contributed by atoms with E-state index >= 15 is 0 Å². The lowest BCUT2D eigenvalue weighted by Gasteiger charge is -2.27. The molecule has 0 N–H and O–H groups in total. The third-order valence-corrected chi connectivity index (χ3v) is 5.23. The third kappa shape index (κ3) is 4.11. The van der Waals surface area contributed by atoms with Crippen molar-refractivity contribution in [3.63, 3.8) is 0 Å². The highest BCUT2D eigenvalue weighted by atomic mass is 79.9. The van der Waals surface area contributed by atoms with E-state index < -0.39 is 0 Å². The van der Waals surface area contributed by atoms with Gasteiger partial charge in [0.15, 0.2) is 5.70 Å². The number of hydrogen-bond donors (Lipinski definition) is 0. The highest BCUT2D eigenvalue weighted by Crippen LogP contribution is 2.34. The summed E-state index contributed by atoms with van der Waals surface area (Å²) in [7, 11) is 0. The summed E-state index contributed by atoms with van der Waals surface area (Å²) in [5, 5.41) is 0. The molecule has 3 rings (SSSR count). The Kier molecular flexibility index (Phi) is 5.31. The molecule has 1 aromatic carbocycles. The number of rotatable bonds is 4. The standard InChI is InChI=1S/C19H22BrNO2/c1-2-3-13-4-8-15(9-5-13)18-21-17(19(22)23-18)12-14-6-10-16(20)11-7-14/h6-7,10-13,15H,2-5,8-9H2,1H3. The third-order valence-electron chi connectivity index (χ3n) is 4.70. The minimum absolute atomic E-state index is 0.308. The maximum Gasteiger partial charge on any atom is 0.363 e. The second-order valence-corrected chi connectivity index (χ2v) is 7.34. The Hall–Kier alpha value is -1.42. The molecule has 0 atom stereocenters. The van der Waals surface area contributed by atoms with Crippen molar-refractivity contribution in [1.82, 2.24) is 0 Å². The summed E-state index contributed by atoms with van der Waals surface area (Å²) in [6.45, 7) is 2.24. The van der Waals surface area contributed by atoms with Crippen LogP contribution in [0.1, 0.15) is 51.0 Å².